The number of hydrogen-bond donors (Lipinski definition) is 2. The van der Waals surface area contributed by atoms with Crippen LogP contribution in [0.5, 0.6) is 5.75 Å². The highest BCUT2D eigenvalue weighted by molar-refractivity contribution is 6.33. The Kier molecular flexibility index (Phi) is 3.68. The van der Waals surface area contributed by atoms with E-state index in [4.69, 9.17) is 16.3 Å². The van der Waals surface area contributed by atoms with Gasteiger partial charge in [-0.05, 0) is 12.1 Å². The molecule has 2 heterocycles. The highest BCUT2D eigenvalue weighted by Crippen LogP contribution is 2.29. The predicted molar refractivity (Wildman–Crippen MR) is 78.9 cm³/mol. The quantitative estimate of drug-likeness (QED) is 0.892. The fourth-order valence-electron chi connectivity index (χ4n) is 2.17. The molecule has 22 heavy (non-hydrogen) atoms. The standard InChI is InChI=1S/C13H12ClN5O3/c1-22-7-2-3-8(14)9(4-7)16-12(21)10-5-11(20)17-13-18-15-6-19(10)13/h2-4,6,10H,5H2,1H3,(H,16,21)(H,17,18,20). The van der Waals surface area contributed by atoms with Crippen LogP contribution >= 0.6 is 11.6 Å². The van der Waals surface area contributed by atoms with Crippen LogP contribution < -0.4 is 15.4 Å². The Morgan fingerprint density at radius 3 is 3.14 bits per heavy atom. The molecule has 0 saturated heterocycles. The van der Waals surface area contributed by atoms with Gasteiger partial charge < -0.3 is 10.1 Å². The lowest BCUT2D eigenvalue weighted by Crippen LogP contribution is -2.35. The van der Waals surface area contributed by atoms with Gasteiger partial charge in [-0.3, -0.25) is 19.5 Å². The smallest absolute Gasteiger partial charge is 0.248 e. The molecule has 1 aromatic heterocycles. The van der Waals surface area contributed by atoms with Crippen LogP contribution in [0.1, 0.15) is 12.5 Å². The van der Waals surface area contributed by atoms with Gasteiger partial charge in [-0.25, -0.2) is 0 Å². The van der Waals surface area contributed by atoms with Gasteiger partial charge in [0.1, 0.15) is 18.1 Å². The lowest BCUT2D eigenvalue weighted by Gasteiger charge is -2.23. The zero-order valence-electron chi connectivity index (χ0n) is 11.5. The maximum atomic E-state index is 12.5. The lowest BCUT2D eigenvalue weighted by atomic mass is 10.1. The van der Waals surface area contributed by atoms with Gasteiger partial charge in [0.25, 0.3) is 0 Å². The van der Waals surface area contributed by atoms with Crippen molar-refractivity contribution in [3.05, 3.63) is 29.5 Å². The number of ether oxygens (including phenoxy) is 1. The molecule has 2 N–H and O–H groups in total. The molecule has 0 fully saturated rings. The monoisotopic (exact) mass is 321 g/mol. The Hall–Kier alpha value is -2.61. The molecule has 2 amide bonds. The summed E-state index contributed by atoms with van der Waals surface area (Å²) < 4.78 is 6.60. The molecule has 0 radical (unpaired) electrons. The summed E-state index contributed by atoms with van der Waals surface area (Å²) in [6, 6.07) is 4.18. The second kappa shape index (κ2) is 5.64. The number of carbonyl (C=O) groups is 2. The Labute approximate surface area is 130 Å². The maximum absolute atomic E-state index is 12.5. The van der Waals surface area contributed by atoms with Crippen molar-refractivity contribution in [3.8, 4) is 5.75 Å². The van der Waals surface area contributed by atoms with Crippen LogP contribution in [0, 0.1) is 0 Å². The molecule has 2 aromatic rings. The van der Waals surface area contributed by atoms with Crippen molar-refractivity contribution >= 4 is 35.1 Å². The summed E-state index contributed by atoms with van der Waals surface area (Å²) in [5.41, 5.74) is 0.409. The van der Waals surface area contributed by atoms with Gasteiger partial charge in [0.2, 0.25) is 17.8 Å². The van der Waals surface area contributed by atoms with Crippen molar-refractivity contribution in [1.29, 1.82) is 0 Å². The van der Waals surface area contributed by atoms with E-state index in [-0.39, 0.29) is 24.2 Å². The summed E-state index contributed by atoms with van der Waals surface area (Å²) in [5.74, 6) is 0.127. The number of hydrogen-bond acceptors (Lipinski definition) is 5. The molecule has 9 heteroatoms. The fraction of sp³-hybridized carbons (Fsp3) is 0.231. The first kappa shape index (κ1) is 14.3. The Morgan fingerprint density at radius 1 is 1.55 bits per heavy atom. The minimum atomic E-state index is -0.735. The number of carbonyl (C=O) groups excluding carboxylic acids is 2. The molecule has 1 aromatic carbocycles. The van der Waals surface area contributed by atoms with Crippen molar-refractivity contribution in [2.24, 2.45) is 0 Å². The first-order valence-corrected chi connectivity index (χ1v) is 6.80. The summed E-state index contributed by atoms with van der Waals surface area (Å²) in [5, 5.41) is 13.1. The topological polar surface area (TPSA) is 98.1 Å². The molecule has 1 unspecified atom stereocenters. The van der Waals surface area contributed by atoms with Crippen molar-refractivity contribution in [1.82, 2.24) is 14.8 Å². The molecule has 8 nitrogen and oxygen atoms in total. The van der Waals surface area contributed by atoms with Crippen LogP contribution in [0.4, 0.5) is 11.6 Å². The molecule has 0 aliphatic carbocycles. The Bertz CT molecular complexity index is 745. The molecule has 114 valence electrons. The summed E-state index contributed by atoms with van der Waals surface area (Å²) >= 11 is 6.06. The van der Waals surface area contributed by atoms with E-state index in [1.807, 2.05) is 0 Å². The second-order valence-corrected chi connectivity index (χ2v) is 5.07. The lowest BCUT2D eigenvalue weighted by molar-refractivity contribution is -0.125. The number of anilines is 2. The van der Waals surface area contributed by atoms with E-state index in [0.29, 0.717) is 16.5 Å². The van der Waals surface area contributed by atoms with Gasteiger partial charge in [-0.2, -0.15) is 0 Å². The molecule has 0 spiro atoms. The van der Waals surface area contributed by atoms with Crippen LogP contribution in [0.3, 0.4) is 0 Å². The molecule has 0 saturated carbocycles. The normalized spacial score (nSPS) is 16.6. The highest BCUT2D eigenvalue weighted by atomic mass is 35.5. The third-order valence-electron chi connectivity index (χ3n) is 3.27. The Balaban J connectivity index is 1.85. The number of rotatable bonds is 3. The molecule has 3 rings (SSSR count). The van der Waals surface area contributed by atoms with E-state index >= 15 is 0 Å². The zero-order chi connectivity index (χ0) is 15.7. The van der Waals surface area contributed by atoms with Gasteiger partial charge in [-0.1, -0.05) is 11.6 Å². The predicted octanol–water partition coefficient (Wildman–Crippen LogP) is 1.46. The van der Waals surface area contributed by atoms with Crippen molar-refractivity contribution in [2.45, 2.75) is 12.5 Å². The van der Waals surface area contributed by atoms with Gasteiger partial charge >= 0.3 is 0 Å². The van der Waals surface area contributed by atoms with E-state index < -0.39 is 6.04 Å². The SMILES string of the molecule is COc1ccc(Cl)c(NC(=O)C2CC(=O)Nc3nncn32)c1. The number of nitrogens with zero attached hydrogens (tertiary/aromatic N) is 3. The average molecular weight is 322 g/mol. The summed E-state index contributed by atoms with van der Waals surface area (Å²) in [4.78, 5) is 24.1. The number of methoxy groups -OCH3 is 1. The third kappa shape index (κ3) is 2.60. The van der Waals surface area contributed by atoms with Crippen LogP contribution in [0.25, 0.3) is 0 Å². The largest absolute Gasteiger partial charge is 0.497 e. The van der Waals surface area contributed by atoms with Gasteiger partial charge in [0, 0.05) is 6.07 Å². The minimum Gasteiger partial charge on any atom is -0.497 e. The summed E-state index contributed by atoms with van der Waals surface area (Å²) in [6.07, 6.45) is 1.39. The van der Waals surface area contributed by atoms with E-state index in [1.165, 1.54) is 18.0 Å². The van der Waals surface area contributed by atoms with Crippen LogP contribution in [-0.2, 0) is 9.59 Å². The average Bonchev–Trinajstić information content (AvgIpc) is 2.96. The zero-order valence-corrected chi connectivity index (χ0v) is 12.3. The van der Waals surface area contributed by atoms with Gasteiger partial charge in [-0.15, -0.1) is 10.2 Å². The number of nitrogens with one attached hydrogen (secondary N) is 2. The molecule has 1 aliphatic rings. The molecule has 1 atom stereocenters. The van der Waals surface area contributed by atoms with E-state index in [2.05, 4.69) is 20.8 Å². The number of halogens is 1. The van der Waals surface area contributed by atoms with Crippen molar-refractivity contribution in [2.75, 3.05) is 17.7 Å². The summed E-state index contributed by atoms with van der Waals surface area (Å²) in [6.45, 7) is 0. The van der Waals surface area contributed by atoms with Crippen LogP contribution in [0.15, 0.2) is 24.5 Å². The first-order valence-electron chi connectivity index (χ1n) is 6.42. The second-order valence-electron chi connectivity index (χ2n) is 4.66. The molecular formula is C13H12ClN5O3. The van der Waals surface area contributed by atoms with E-state index in [1.54, 1.807) is 18.2 Å². The molecule has 0 bridgehead atoms. The number of benzene rings is 1. The van der Waals surface area contributed by atoms with Crippen molar-refractivity contribution < 1.29 is 14.3 Å². The molecule has 1 aliphatic heterocycles. The highest BCUT2D eigenvalue weighted by Gasteiger charge is 2.31. The third-order valence-corrected chi connectivity index (χ3v) is 3.60. The number of aromatic nitrogens is 3. The maximum Gasteiger partial charge on any atom is 0.248 e. The van der Waals surface area contributed by atoms with Crippen LogP contribution in [-0.4, -0.2) is 33.7 Å². The Morgan fingerprint density at radius 2 is 2.36 bits per heavy atom. The van der Waals surface area contributed by atoms with E-state index in [9.17, 15) is 9.59 Å². The fourth-order valence-corrected chi connectivity index (χ4v) is 2.34. The van der Waals surface area contributed by atoms with Crippen LogP contribution in [0.2, 0.25) is 5.02 Å². The van der Waals surface area contributed by atoms with E-state index in [0.717, 1.165) is 0 Å². The number of amides is 2. The van der Waals surface area contributed by atoms with Gasteiger partial charge in [0.15, 0.2) is 0 Å². The first-order chi connectivity index (χ1) is 10.6. The summed E-state index contributed by atoms with van der Waals surface area (Å²) in [7, 11) is 1.52. The number of fused-ring (bicyclic) bond motifs is 1. The molecular weight excluding hydrogens is 310 g/mol. The van der Waals surface area contributed by atoms with Crippen molar-refractivity contribution in [3.63, 3.8) is 0 Å². The van der Waals surface area contributed by atoms with Gasteiger partial charge in [0.05, 0.1) is 24.2 Å². The minimum absolute atomic E-state index is 0.00153.